The summed E-state index contributed by atoms with van der Waals surface area (Å²) in [5.41, 5.74) is 0. The van der Waals surface area contributed by atoms with Gasteiger partial charge in [-0.05, 0) is 6.92 Å². The highest BCUT2D eigenvalue weighted by atomic mass is 13.5. The van der Waals surface area contributed by atoms with Crippen molar-refractivity contribution in [2.75, 3.05) is 0 Å². The molecule has 0 aromatic rings. The molecule has 0 aromatic heterocycles. The van der Waals surface area contributed by atoms with Crippen molar-refractivity contribution in [1.29, 1.82) is 0 Å². The second-order valence-electron chi connectivity index (χ2n) is 1.47. The molecular formula is C12H28. The minimum atomic E-state index is 1.25. The summed E-state index contributed by atoms with van der Waals surface area (Å²) < 4.78 is 0. The molecule has 0 fully saturated rings. The Hall–Kier alpha value is -0.520. The third kappa shape index (κ3) is 311. The van der Waals surface area contributed by atoms with E-state index in [0.717, 1.165) is 0 Å². The molecule has 0 bridgehead atoms. The van der Waals surface area contributed by atoms with Crippen molar-refractivity contribution in [3.63, 3.8) is 0 Å². The summed E-state index contributed by atoms with van der Waals surface area (Å²) in [5.74, 6) is 0. The van der Waals surface area contributed by atoms with E-state index in [9.17, 15) is 0 Å². The van der Waals surface area contributed by atoms with Gasteiger partial charge < -0.3 is 0 Å². The minimum Gasteiger partial charge on any atom is -0.0991 e. The minimum absolute atomic E-state index is 1.25. The highest BCUT2D eigenvalue weighted by Gasteiger charge is 1.42. The molecule has 0 radical (unpaired) electrons. The molecule has 0 aliphatic carbocycles. The zero-order chi connectivity index (χ0) is 10.8. The third-order valence-corrected chi connectivity index (χ3v) is 0.329. The largest absolute Gasteiger partial charge is 0.0991 e. The van der Waals surface area contributed by atoms with Crippen LogP contribution in [0.25, 0.3) is 0 Å². The molecule has 0 N–H and O–H groups in total. The van der Waals surface area contributed by atoms with Crippen LogP contribution in [0.4, 0.5) is 0 Å². The maximum absolute atomic E-state index is 3.46. The lowest BCUT2D eigenvalue weighted by atomic mass is 10.5. The van der Waals surface area contributed by atoms with Gasteiger partial charge in [-0.1, -0.05) is 72.8 Å². The summed E-state index contributed by atoms with van der Waals surface area (Å²) in [4.78, 5) is 0. The van der Waals surface area contributed by atoms with Gasteiger partial charge in [-0.25, -0.2) is 0 Å². The van der Waals surface area contributed by atoms with Crippen LogP contribution in [0.1, 0.15) is 54.9 Å². The van der Waals surface area contributed by atoms with Crippen LogP contribution in [-0.4, -0.2) is 0 Å². The van der Waals surface area contributed by atoms with E-state index in [1.165, 1.54) is 6.42 Å². The van der Waals surface area contributed by atoms with E-state index in [1.807, 2.05) is 46.8 Å². The lowest BCUT2D eigenvalue weighted by Gasteiger charge is -1.56. The molecule has 0 unspecified atom stereocenters. The van der Waals surface area contributed by atoms with Gasteiger partial charge in [0.05, 0.1) is 0 Å². The maximum Gasteiger partial charge on any atom is -0.0467 e. The van der Waals surface area contributed by atoms with Crippen LogP contribution in [0.5, 0.6) is 0 Å². The molecule has 0 heterocycles. The third-order valence-electron chi connectivity index (χ3n) is 0.329. The standard InChI is InChI=1S/C5H8.C3H8.2C2H6/c1-3-5-4-2;1-3-2;2*1-2/h3-5H,1H2,2H3;3H2,1-2H3;2*1-2H3/b5-4-;;;. The van der Waals surface area contributed by atoms with E-state index >= 15 is 0 Å². The molecule has 0 rings (SSSR count). The van der Waals surface area contributed by atoms with Crippen LogP contribution in [-0.2, 0) is 0 Å². The quantitative estimate of drug-likeness (QED) is 0.476. The molecule has 0 nitrogen and oxygen atoms in total. The van der Waals surface area contributed by atoms with Crippen molar-refractivity contribution < 1.29 is 0 Å². The molecule has 0 aromatic carbocycles. The van der Waals surface area contributed by atoms with Crippen LogP contribution in [0.2, 0.25) is 0 Å². The van der Waals surface area contributed by atoms with Crippen molar-refractivity contribution in [2.45, 2.75) is 54.9 Å². The Balaban J connectivity index is -0.0000000397. The Morgan fingerprint density at radius 2 is 1.25 bits per heavy atom. The molecular weight excluding hydrogens is 144 g/mol. The summed E-state index contributed by atoms with van der Waals surface area (Å²) in [6.07, 6.45) is 6.83. The predicted octanol–water partition coefficient (Wildman–Crippen LogP) is 5.22. The molecule has 76 valence electrons. The van der Waals surface area contributed by atoms with Gasteiger partial charge in [0.15, 0.2) is 0 Å². The van der Waals surface area contributed by atoms with Crippen molar-refractivity contribution in [3.8, 4) is 0 Å². The fourth-order valence-electron chi connectivity index (χ4n) is 0.136. The summed E-state index contributed by atoms with van der Waals surface area (Å²) in [5, 5.41) is 0. The van der Waals surface area contributed by atoms with Gasteiger partial charge in [-0.2, -0.15) is 0 Å². The topological polar surface area (TPSA) is 0 Å². The Morgan fingerprint density at radius 3 is 1.25 bits per heavy atom. The summed E-state index contributed by atoms with van der Waals surface area (Å²) >= 11 is 0. The highest BCUT2D eigenvalue weighted by Crippen LogP contribution is 1.64. The van der Waals surface area contributed by atoms with Gasteiger partial charge in [0.1, 0.15) is 0 Å². The molecule has 0 amide bonds. The van der Waals surface area contributed by atoms with E-state index in [1.54, 1.807) is 6.08 Å². The highest BCUT2D eigenvalue weighted by molar-refractivity contribution is 4.94. The molecule has 0 aliphatic rings. The van der Waals surface area contributed by atoms with E-state index in [0.29, 0.717) is 0 Å². The van der Waals surface area contributed by atoms with Crippen LogP contribution < -0.4 is 0 Å². The van der Waals surface area contributed by atoms with Crippen molar-refractivity contribution in [3.05, 3.63) is 24.8 Å². The smallest absolute Gasteiger partial charge is 0.0467 e. The van der Waals surface area contributed by atoms with E-state index in [-0.39, 0.29) is 0 Å². The fraction of sp³-hybridized carbons (Fsp3) is 0.667. The lowest BCUT2D eigenvalue weighted by molar-refractivity contribution is 1.09. The van der Waals surface area contributed by atoms with Gasteiger partial charge in [-0.15, -0.1) is 0 Å². The monoisotopic (exact) mass is 172 g/mol. The van der Waals surface area contributed by atoms with Gasteiger partial charge in [-0.3, -0.25) is 0 Å². The van der Waals surface area contributed by atoms with Gasteiger partial charge in [0.25, 0.3) is 0 Å². The Bertz CT molecular complexity index is 51.1. The normalized spacial score (nSPS) is 6.25. The predicted molar refractivity (Wildman–Crippen MR) is 63.7 cm³/mol. The average Bonchev–Trinajstić information content (AvgIpc) is 2.14. The summed E-state index contributed by atoms with van der Waals surface area (Å²) in [7, 11) is 0. The molecule has 0 spiro atoms. The Morgan fingerprint density at radius 1 is 1.00 bits per heavy atom. The Labute approximate surface area is 80.4 Å². The first-order valence-electron chi connectivity index (χ1n) is 5.07. The summed E-state index contributed by atoms with van der Waals surface area (Å²) in [6, 6.07) is 0. The number of hydrogen-bond acceptors (Lipinski definition) is 0. The zero-order valence-electron chi connectivity index (χ0n) is 10.1. The first-order valence-corrected chi connectivity index (χ1v) is 5.07. The average molecular weight is 172 g/mol. The second kappa shape index (κ2) is 77.8. The molecule has 0 heteroatoms. The number of rotatable bonds is 1. The van der Waals surface area contributed by atoms with Crippen molar-refractivity contribution in [2.24, 2.45) is 0 Å². The van der Waals surface area contributed by atoms with Gasteiger partial charge >= 0.3 is 0 Å². The molecule has 0 atom stereocenters. The first kappa shape index (κ1) is 22.5. The van der Waals surface area contributed by atoms with E-state index < -0.39 is 0 Å². The van der Waals surface area contributed by atoms with Crippen LogP contribution in [0.3, 0.4) is 0 Å². The SMILES string of the molecule is C=C/C=C\C.CC.CC.CCC. The molecule has 12 heavy (non-hydrogen) atoms. The van der Waals surface area contributed by atoms with E-state index in [2.05, 4.69) is 20.4 Å². The van der Waals surface area contributed by atoms with Gasteiger partial charge in [0.2, 0.25) is 0 Å². The van der Waals surface area contributed by atoms with Crippen LogP contribution >= 0.6 is 0 Å². The lowest BCUT2D eigenvalue weighted by Crippen LogP contribution is -1.33. The number of hydrogen-bond donors (Lipinski definition) is 0. The van der Waals surface area contributed by atoms with E-state index in [4.69, 9.17) is 0 Å². The molecule has 0 saturated carbocycles. The van der Waals surface area contributed by atoms with Crippen LogP contribution in [0, 0.1) is 0 Å². The molecule has 0 saturated heterocycles. The number of allylic oxidation sites excluding steroid dienone is 3. The van der Waals surface area contributed by atoms with Gasteiger partial charge in [0, 0.05) is 0 Å². The molecule has 0 aliphatic heterocycles. The Kier molecular flexibility index (Phi) is 146. The van der Waals surface area contributed by atoms with Crippen molar-refractivity contribution >= 4 is 0 Å². The second-order valence-corrected chi connectivity index (χ2v) is 1.47. The first-order chi connectivity index (χ1) is 5.83. The zero-order valence-corrected chi connectivity index (χ0v) is 10.1. The maximum atomic E-state index is 3.46. The fourth-order valence-corrected chi connectivity index (χ4v) is 0.136. The van der Waals surface area contributed by atoms with Crippen molar-refractivity contribution in [1.82, 2.24) is 0 Å². The summed E-state index contributed by atoms with van der Waals surface area (Å²) in [6.45, 7) is 17.7. The van der Waals surface area contributed by atoms with Crippen LogP contribution in [0.15, 0.2) is 24.8 Å².